The van der Waals surface area contributed by atoms with E-state index in [1.54, 1.807) is 24.4 Å². The second-order valence-corrected chi connectivity index (χ2v) is 5.59. The Bertz CT molecular complexity index is 727. The average molecular weight is 294 g/mol. The molecule has 3 rings (SSSR count). The Morgan fingerprint density at radius 2 is 2.09 bits per heavy atom. The van der Waals surface area contributed by atoms with Crippen molar-refractivity contribution in [1.29, 1.82) is 0 Å². The van der Waals surface area contributed by atoms with Crippen LogP contribution < -0.4 is 5.73 Å². The second kappa shape index (κ2) is 6.10. The Morgan fingerprint density at radius 3 is 2.77 bits per heavy atom. The molecule has 0 bridgehead atoms. The molecule has 0 spiro atoms. The predicted octanol–water partition coefficient (Wildman–Crippen LogP) is 3.02. The summed E-state index contributed by atoms with van der Waals surface area (Å²) in [6, 6.07) is 5.34. The lowest BCUT2D eigenvalue weighted by molar-refractivity contribution is -0.112. The third-order valence-electron chi connectivity index (χ3n) is 4.07. The summed E-state index contributed by atoms with van der Waals surface area (Å²) < 4.78 is 0. The molecule has 1 heterocycles. The Balaban J connectivity index is 2.09. The number of nitrogens with two attached hydrogens (primary N) is 1. The second-order valence-electron chi connectivity index (χ2n) is 5.59. The van der Waals surface area contributed by atoms with Crippen molar-refractivity contribution in [2.45, 2.75) is 32.1 Å². The van der Waals surface area contributed by atoms with E-state index in [4.69, 9.17) is 5.73 Å². The Hall–Kier alpha value is -2.49. The third kappa shape index (κ3) is 2.77. The van der Waals surface area contributed by atoms with Crippen molar-refractivity contribution in [2.75, 3.05) is 0 Å². The highest BCUT2D eigenvalue weighted by atomic mass is 16.1. The van der Waals surface area contributed by atoms with E-state index in [1.807, 2.05) is 6.07 Å². The molecule has 1 aromatic carbocycles. The minimum absolute atomic E-state index is 0.00195. The maximum absolute atomic E-state index is 12.0. The predicted molar refractivity (Wildman–Crippen MR) is 86.7 cm³/mol. The van der Waals surface area contributed by atoms with Crippen LogP contribution in [0.15, 0.2) is 41.5 Å². The molecule has 0 radical (unpaired) electrons. The summed E-state index contributed by atoms with van der Waals surface area (Å²) in [4.78, 5) is 27.9. The van der Waals surface area contributed by atoms with Gasteiger partial charge in [0, 0.05) is 23.7 Å². The Kier molecular flexibility index (Phi) is 4.00. The number of aliphatic imine (C=N–C) groups is 1. The van der Waals surface area contributed by atoms with Crippen LogP contribution in [0.2, 0.25) is 0 Å². The minimum Gasteiger partial charge on any atom is -0.366 e. The molecule has 2 aliphatic rings. The first-order valence-corrected chi connectivity index (χ1v) is 7.56. The van der Waals surface area contributed by atoms with E-state index in [1.165, 1.54) is 6.42 Å². The Morgan fingerprint density at radius 1 is 1.23 bits per heavy atom. The van der Waals surface area contributed by atoms with Crippen LogP contribution in [0.3, 0.4) is 0 Å². The summed E-state index contributed by atoms with van der Waals surface area (Å²) >= 11 is 0. The van der Waals surface area contributed by atoms with Gasteiger partial charge in [-0.05, 0) is 49.0 Å². The number of carbonyl (C=O) groups excluding carboxylic acids is 2. The van der Waals surface area contributed by atoms with E-state index in [0.29, 0.717) is 17.7 Å². The molecule has 1 aromatic rings. The third-order valence-corrected chi connectivity index (χ3v) is 4.07. The van der Waals surface area contributed by atoms with Gasteiger partial charge in [0.05, 0.1) is 0 Å². The van der Waals surface area contributed by atoms with Gasteiger partial charge in [-0.1, -0.05) is 18.2 Å². The molecule has 0 saturated carbocycles. The first-order chi connectivity index (χ1) is 10.7. The normalized spacial score (nSPS) is 17.9. The molecular formula is C18H18N2O2. The van der Waals surface area contributed by atoms with Crippen LogP contribution in [0.5, 0.6) is 0 Å². The molecule has 112 valence electrons. The molecule has 2 N–H and O–H groups in total. The summed E-state index contributed by atoms with van der Waals surface area (Å²) in [6.07, 6.45) is 10.2. The number of ketones is 1. The van der Waals surface area contributed by atoms with Crippen molar-refractivity contribution in [3.63, 3.8) is 0 Å². The number of allylic oxidation sites excluding steroid dienone is 3. The molecule has 0 aromatic heterocycles. The first kappa shape index (κ1) is 14.4. The van der Waals surface area contributed by atoms with Crippen LogP contribution >= 0.6 is 0 Å². The highest BCUT2D eigenvalue weighted by Gasteiger charge is 2.19. The zero-order valence-corrected chi connectivity index (χ0v) is 12.3. The molecule has 0 atom stereocenters. The number of hydrogen-bond donors (Lipinski definition) is 1. The van der Waals surface area contributed by atoms with Crippen molar-refractivity contribution in [3.05, 3.63) is 53.2 Å². The summed E-state index contributed by atoms with van der Waals surface area (Å²) in [5.74, 6) is -0.442. The molecule has 0 saturated heterocycles. The standard InChI is InChI=1S/C18H18N2O2/c19-18(22)14-9-8-13(17-16(21)7-4-10-20-17)11-15(14)12-5-2-1-3-6-12/h4-5,8-11H,1-3,6-7H2,(H2,19,22). The van der Waals surface area contributed by atoms with E-state index in [-0.39, 0.29) is 5.78 Å². The fraction of sp³-hybridized carbons (Fsp3) is 0.278. The van der Waals surface area contributed by atoms with Gasteiger partial charge in [0.1, 0.15) is 5.71 Å². The van der Waals surface area contributed by atoms with E-state index in [2.05, 4.69) is 11.1 Å². The smallest absolute Gasteiger partial charge is 0.249 e. The lowest BCUT2D eigenvalue weighted by Gasteiger charge is -2.17. The van der Waals surface area contributed by atoms with Crippen molar-refractivity contribution in [3.8, 4) is 0 Å². The number of nitrogens with zero attached hydrogens (tertiary/aromatic N) is 1. The van der Waals surface area contributed by atoms with Gasteiger partial charge >= 0.3 is 0 Å². The molecule has 22 heavy (non-hydrogen) atoms. The quantitative estimate of drug-likeness (QED) is 0.930. The largest absolute Gasteiger partial charge is 0.366 e. The van der Waals surface area contributed by atoms with Gasteiger partial charge in [-0.25, -0.2) is 0 Å². The van der Waals surface area contributed by atoms with E-state index in [0.717, 1.165) is 36.0 Å². The zero-order chi connectivity index (χ0) is 15.5. The van der Waals surface area contributed by atoms with Crippen molar-refractivity contribution < 1.29 is 9.59 Å². The highest BCUT2D eigenvalue weighted by molar-refractivity contribution is 6.47. The zero-order valence-electron chi connectivity index (χ0n) is 12.3. The summed E-state index contributed by atoms with van der Waals surface area (Å²) in [7, 11) is 0. The average Bonchev–Trinajstić information content (AvgIpc) is 2.55. The van der Waals surface area contributed by atoms with Crippen LogP contribution in [-0.4, -0.2) is 17.4 Å². The van der Waals surface area contributed by atoms with Gasteiger partial charge < -0.3 is 5.73 Å². The molecule has 1 amide bonds. The number of Topliss-reactive ketones (excluding diaryl/α,β-unsaturated/α-hetero) is 1. The van der Waals surface area contributed by atoms with E-state index >= 15 is 0 Å². The Labute approximate surface area is 129 Å². The summed E-state index contributed by atoms with van der Waals surface area (Å²) in [5.41, 5.74) is 9.20. The van der Waals surface area contributed by atoms with Crippen molar-refractivity contribution >= 4 is 23.0 Å². The topological polar surface area (TPSA) is 72.5 Å². The molecule has 1 aliphatic heterocycles. The van der Waals surface area contributed by atoms with Crippen LogP contribution in [0.4, 0.5) is 0 Å². The van der Waals surface area contributed by atoms with E-state index in [9.17, 15) is 9.59 Å². The number of benzene rings is 1. The first-order valence-electron chi connectivity index (χ1n) is 7.56. The minimum atomic E-state index is -0.440. The fourth-order valence-electron chi connectivity index (χ4n) is 2.95. The van der Waals surface area contributed by atoms with Crippen LogP contribution in [-0.2, 0) is 4.79 Å². The van der Waals surface area contributed by atoms with Crippen LogP contribution in [0.1, 0.15) is 53.6 Å². The molecule has 4 heteroatoms. The molecule has 0 fully saturated rings. The number of rotatable bonds is 3. The summed E-state index contributed by atoms with van der Waals surface area (Å²) in [6.45, 7) is 0. The number of primary amides is 1. The van der Waals surface area contributed by atoms with Crippen molar-refractivity contribution in [2.24, 2.45) is 10.7 Å². The maximum atomic E-state index is 12.0. The number of carbonyl (C=O) groups is 2. The fourth-order valence-corrected chi connectivity index (χ4v) is 2.95. The lowest BCUT2D eigenvalue weighted by Crippen LogP contribution is -2.19. The monoisotopic (exact) mass is 294 g/mol. The SMILES string of the molecule is NC(=O)c1ccc(C2=NC=CCC2=O)cc1C1=CCCCC1. The van der Waals surface area contributed by atoms with Crippen LogP contribution in [0.25, 0.3) is 5.57 Å². The molecular weight excluding hydrogens is 276 g/mol. The van der Waals surface area contributed by atoms with Gasteiger partial charge in [-0.2, -0.15) is 0 Å². The number of amides is 1. The summed E-state index contributed by atoms with van der Waals surface area (Å²) in [5, 5.41) is 0. The van der Waals surface area contributed by atoms with E-state index < -0.39 is 5.91 Å². The molecule has 1 aliphatic carbocycles. The van der Waals surface area contributed by atoms with Gasteiger partial charge in [0.2, 0.25) is 5.91 Å². The maximum Gasteiger partial charge on any atom is 0.249 e. The van der Waals surface area contributed by atoms with Gasteiger partial charge in [-0.3, -0.25) is 14.6 Å². The number of hydrogen-bond acceptors (Lipinski definition) is 3. The van der Waals surface area contributed by atoms with Gasteiger partial charge in [0.15, 0.2) is 5.78 Å². The molecule has 4 nitrogen and oxygen atoms in total. The lowest BCUT2D eigenvalue weighted by atomic mass is 9.88. The van der Waals surface area contributed by atoms with Gasteiger partial charge in [-0.15, -0.1) is 0 Å². The van der Waals surface area contributed by atoms with Crippen molar-refractivity contribution in [1.82, 2.24) is 0 Å². The van der Waals surface area contributed by atoms with Gasteiger partial charge in [0.25, 0.3) is 0 Å². The van der Waals surface area contributed by atoms with Crippen LogP contribution in [0, 0.1) is 0 Å². The molecule has 0 unspecified atom stereocenters. The highest BCUT2D eigenvalue weighted by Crippen LogP contribution is 2.30.